The minimum Gasteiger partial charge on any atom is -0.462 e. The lowest BCUT2D eigenvalue weighted by Gasteiger charge is -2.18. The van der Waals surface area contributed by atoms with Gasteiger partial charge >= 0.3 is 5.97 Å². The van der Waals surface area contributed by atoms with Crippen LogP contribution in [0.15, 0.2) is 0 Å². The van der Waals surface area contributed by atoms with Gasteiger partial charge in [-0.3, -0.25) is 9.59 Å². The number of hydrogen-bond donors (Lipinski definition) is 0. The quantitative estimate of drug-likeness (QED) is 0.634. The van der Waals surface area contributed by atoms with E-state index in [0.29, 0.717) is 16.5 Å². The fourth-order valence-electron chi connectivity index (χ4n) is 3.11. The van der Waals surface area contributed by atoms with Crippen molar-refractivity contribution in [3.63, 3.8) is 0 Å². The fourth-order valence-corrected chi connectivity index (χ4v) is 4.64. The number of ether oxygens (including phenoxy) is 1. The molecule has 1 atom stereocenters. The Hall–Kier alpha value is -1.69. The molecule has 1 aliphatic carbocycles. The summed E-state index contributed by atoms with van der Waals surface area (Å²) in [5, 5.41) is 0.477. The third-order valence-corrected chi connectivity index (χ3v) is 5.47. The van der Waals surface area contributed by atoms with Crippen LogP contribution in [0.1, 0.15) is 53.9 Å². The number of rotatable bonds is 3. The van der Waals surface area contributed by atoms with E-state index in [0.717, 1.165) is 29.7 Å². The molecule has 0 spiro atoms. The van der Waals surface area contributed by atoms with Gasteiger partial charge in [-0.15, -0.1) is 11.3 Å². The van der Waals surface area contributed by atoms with E-state index in [1.807, 2.05) is 0 Å². The molecule has 1 fully saturated rings. The Bertz CT molecular complexity index is 633. The molecule has 1 aromatic rings. The molecule has 1 aliphatic heterocycles. The van der Waals surface area contributed by atoms with Crippen LogP contribution in [0.4, 0.5) is 5.00 Å². The van der Waals surface area contributed by atoms with E-state index in [1.54, 1.807) is 6.92 Å². The van der Waals surface area contributed by atoms with Gasteiger partial charge in [-0.25, -0.2) is 9.69 Å². The number of anilines is 1. The van der Waals surface area contributed by atoms with Crippen LogP contribution in [0.5, 0.6) is 0 Å². The highest BCUT2D eigenvalue weighted by Gasteiger charge is 2.38. The summed E-state index contributed by atoms with van der Waals surface area (Å²) in [7, 11) is 0. The zero-order valence-electron chi connectivity index (χ0n) is 12.8. The number of nitrogens with zero attached hydrogens (tertiary/aromatic N) is 1. The number of imide groups is 1. The molecule has 0 aromatic carbocycles. The van der Waals surface area contributed by atoms with Crippen molar-refractivity contribution in [3.8, 4) is 0 Å². The molecule has 0 saturated carbocycles. The van der Waals surface area contributed by atoms with Gasteiger partial charge in [0.05, 0.1) is 12.2 Å². The molecule has 0 N–H and O–H groups in total. The molecule has 0 radical (unpaired) electrons. The smallest absolute Gasteiger partial charge is 0.341 e. The third kappa shape index (κ3) is 2.45. The van der Waals surface area contributed by atoms with E-state index >= 15 is 0 Å². The summed E-state index contributed by atoms with van der Waals surface area (Å²) < 4.78 is 5.17. The first-order valence-electron chi connectivity index (χ1n) is 7.70. The zero-order valence-corrected chi connectivity index (χ0v) is 13.6. The van der Waals surface area contributed by atoms with Crippen molar-refractivity contribution >= 4 is 34.1 Å². The summed E-state index contributed by atoms with van der Waals surface area (Å²) in [6.07, 6.45) is 3.15. The molecule has 22 heavy (non-hydrogen) atoms. The minimum absolute atomic E-state index is 0.220. The van der Waals surface area contributed by atoms with Gasteiger partial charge in [0.1, 0.15) is 5.00 Å². The van der Waals surface area contributed by atoms with Crippen molar-refractivity contribution in [2.45, 2.75) is 46.0 Å². The maximum absolute atomic E-state index is 12.4. The molecule has 2 amide bonds. The number of carbonyl (C=O) groups is 3. The Morgan fingerprint density at radius 3 is 2.59 bits per heavy atom. The predicted octanol–water partition coefficient (Wildman–Crippen LogP) is 2.70. The van der Waals surface area contributed by atoms with Gasteiger partial charge in [0.25, 0.3) is 0 Å². The molecule has 2 aliphatic rings. The molecule has 1 aromatic heterocycles. The highest BCUT2D eigenvalue weighted by atomic mass is 32.1. The van der Waals surface area contributed by atoms with Crippen molar-refractivity contribution in [1.29, 1.82) is 0 Å². The highest BCUT2D eigenvalue weighted by Crippen LogP contribution is 2.43. The molecular weight excluding hydrogens is 302 g/mol. The molecule has 1 saturated heterocycles. The molecule has 3 rings (SSSR count). The normalized spacial score (nSPS) is 21.2. The monoisotopic (exact) mass is 321 g/mol. The minimum atomic E-state index is -0.419. The van der Waals surface area contributed by atoms with Crippen LogP contribution in [0.3, 0.4) is 0 Å². The number of carbonyl (C=O) groups excluding carboxylic acids is 3. The Kier molecular flexibility index (Phi) is 4.04. The van der Waals surface area contributed by atoms with E-state index in [9.17, 15) is 14.4 Å². The first-order valence-corrected chi connectivity index (χ1v) is 8.52. The second-order valence-electron chi connectivity index (χ2n) is 5.88. The van der Waals surface area contributed by atoms with Crippen molar-refractivity contribution < 1.29 is 19.1 Å². The van der Waals surface area contributed by atoms with Crippen LogP contribution < -0.4 is 4.90 Å². The summed E-state index contributed by atoms with van der Waals surface area (Å²) in [5.41, 5.74) is 1.42. The maximum atomic E-state index is 12.4. The summed E-state index contributed by atoms with van der Waals surface area (Å²) in [4.78, 5) is 38.8. The molecule has 0 unspecified atom stereocenters. The molecule has 6 heteroatoms. The van der Waals surface area contributed by atoms with Crippen molar-refractivity contribution in [3.05, 3.63) is 16.0 Å². The van der Waals surface area contributed by atoms with Crippen molar-refractivity contribution in [2.75, 3.05) is 11.5 Å². The van der Waals surface area contributed by atoms with E-state index < -0.39 is 5.97 Å². The predicted molar refractivity (Wildman–Crippen MR) is 83.2 cm³/mol. The SMILES string of the molecule is CCOC(=O)c1c(N2C(=O)CCC2=O)sc2c1CC[C@@H](C)C2. The van der Waals surface area contributed by atoms with Crippen LogP contribution >= 0.6 is 11.3 Å². The lowest BCUT2D eigenvalue weighted by Crippen LogP contribution is -2.29. The van der Waals surface area contributed by atoms with Gasteiger partial charge in [-0.1, -0.05) is 6.92 Å². The average Bonchev–Trinajstić information content (AvgIpc) is 2.98. The van der Waals surface area contributed by atoms with E-state index in [1.165, 1.54) is 16.2 Å². The lowest BCUT2D eigenvalue weighted by atomic mass is 9.88. The summed E-state index contributed by atoms with van der Waals surface area (Å²) in [6.45, 7) is 4.21. The number of esters is 1. The fraction of sp³-hybridized carbons (Fsp3) is 0.562. The molecular formula is C16H19NO4S. The first kappa shape index (κ1) is 15.2. The molecule has 0 bridgehead atoms. The lowest BCUT2D eigenvalue weighted by molar-refractivity contribution is -0.121. The second-order valence-corrected chi connectivity index (χ2v) is 6.96. The standard InChI is InChI=1S/C16H19NO4S/c1-3-21-16(20)14-10-5-4-9(2)8-11(10)22-15(14)17-12(18)6-7-13(17)19/h9H,3-8H2,1-2H3/t9-/m1/s1. The van der Waals surface area contributed by atoms with E-state index in [-0.39, 0.29) is 31.3 Å². The Morgan fingerprint density at radius 2 is 1.95 bits per heavy atom. The van der Waals surface area contributed by atoms with Gasteiger partial charge < -0.3 is 4.74 Å². The summed E-state index contributed by atoms with van der Waals surface area (Å²) in [5.74, 6) is -0.305. The first-order chi connectivity index (χ1) is 10.5. The van der Waals surface area contributed by atoms with E-state index in [2.05, 4.69) is 6.92 Å². The van der Waals surface area contributed by atoms with Crippen LogP contribution in [-0.4, -0.2) is 24.4 Å². The number of hydrogen-bond acceptors (Lipinski definition) is 5. The van der Waals surface area contributed by atoms with Gasteiger partial charge in [0, 0.05) is 17.7 Å². The van der Waals surface area contributed by atoms with Gasteiger partial charge in [-0.05, 0) is 37.7 Å². The highest BCUT2D eigenvalue weighted by molar-refractivity contribution is 7.17. The summed E-state index contributed by atoms with van der Waals surface area (Å²) in [6, 6.07) is 0. The van der Waals surface area contributed by atoms with Gasteiger partial charge in [0.15, 0.2) is 0 Å². The Balaban J connectivity index is 2.10. The third-order valence-electron chi connectivity index (χ3n) is 4.23. The molecule has 5 nitrogen and oxygen atoms in total. The topological polar surface area (TPSA) is 63.7 Å². The Labute approximate surface area is 133 Å². The summed E-state index contributed by atoms with van der Waals surface area (Å²) >= 11 is 1.41. The molecule has 2 heterocycles. The number of thiophene rings is 1. The van der Waals surface area contributed by atoms with E-state index in [4.69, 9.17) is 4.74 Å². The maximum Gasteiger partial charge on any atom is 0.341 e. The molecule has 118 valence electrons. The second kappa shape index (κ2) is 5.83. The van der Waals surface area contributed by atoms with Crippen molar-refractivity contribution in [1.82, 2.24) is 0 Å². The van der Waals surface area contributed by atoms with Crippen LogP contribution in [-0.2, 0) is 27.2 Å². The van der Waals surface area contributed by atoms with Crippen LogP contribution in [0.2, 0.25) is 0 Å². The largest absolute Gasteiger partial charge is 0.462 e. The number of amides is 2. The van der Waals surface area contributed by atoms with Crippen LogP contribution in [0.25, 0.3) is 0 Å². The number of fused-ring (bicyclic) bond motifs is 1. The van der Waals surface area contributed by atoms with Crippen molar-refractivity contribution in [2.24, 2.45) is 5.92 Å². The average molecular weight is 321 g/mol. The van der Waals surface area contributed by atoms with Gasteiger partial charge in [0.2, 0.25) is 11.8 Å². The Morgan fingerprint density at radius 1 is 1.27 bits per heavy atom. The van der Waals surface area contributed by atoms with Gasteiger partial charge in [-0.2, -0.15) is 0 Å². The zero-order chi connectivity index (χ0) is 15.9. The van der Waals surface area contributed by atoms with Crippen LogP contribution in [0, 0.1) is 5.92 Å².